The number of imidazole rings is 1. The van der Waals surface area contributed by atoms with Gasteiger partial charge in [0.05, 0.1) is 15.5 Å². The van der Waals surface area contributed by atoms with E-state index in [4.69, 9.17) is 11.6 Å². The van der Waals surface area contributed by atoms with Crippen LogP contribution in [0.1, 0.15) is 35.6 Å². The number of anilines is 1. The van der Waals surface area contributed by atoms with Crippen molar-refractivity contribution in [3.8, 4) is 0 Å². The summed E-state index contributed by atoms with van der Waals surface area (Å²) in [5.74, 6) is 0.434. The van der Waals surface area contributed by atoms with E-state index in [1.54, 1.807) is 32.2 Å². The summed E-state index contributed by atoms with van der Waals surface area (Å²) in [6, 6.07) is 11.2. The molecule has 0 aliphatic carbocycles. The number of aromatic nitrogens is 2. The molecule has 0 saturated heterocycles. The van der Waals surface area contributed by atoms with Gasteiger partial charge >= 0.3 is 0 Å². The Morgan fingerprint density at radius 1 is 1.17 bits per heavy atom. The number of sulfonamides is 1. The lowest BCUT2D eigenvalue weighted by molar-refractivity contribution is 0.102. The fourth-order valence-electron chi connectivity index (χ4n) is 2.88. The maximum absolute atomic E-state index is 12.7. The summed E-state index contributed by atoms with van der Waals surface area (Å²) in [5.41, 5.74) is 1.72. The average molecular weight is 447 g/mol. The van der Waals surface area contributed by atoms with Crippen LogP contribution in [0.15, 0.2) is 59.8 Å². The van der Waals surface area contributed by atoms with Gasteiger partial charge in [-0.15, -0.1) is 0 Å². The molecule has 0 radical (unpaired) electrons. The first-order valence-corrected chi connectivity index (χ1v) is 11.2. The van der Waals surface area contributed by atoms with Gasteiger partial charge in [-0.2, -0.15) is 0 Å². The maximum atomic E-state index is 12.7. The first-order chi connectivity index (χ1) is 14.2. The van der Waals surface area contributed by atoms with E-state index in [0.29, 0.717) is 12.2 Å². The zero-order valence-electron chi connectivity index (χ0n) is 16.9. The van der Waals surface area contributed by atoms with Crippen molar-refractivity contribution in [1.29, 1.82) is 0 Å². The lowest BCUT2D eigenvalue weighted by atomic mass is 10.1. The largest absolute Gasteiger partial charge is 0.331 e. The lowest BCUT2D eigenvalue weighted by Gasteiger charge is -2.12. The normalized spacial score (nSPS) is 11.6. The lowest BCUT2D eigenvalue weighted by Crippen LogP contribution is -2.30. The summed E-state index contributed by atoms with van der Waals surface area (Å²) in [6.07, 6.45) is 3.65. The second-order valence-electron chi connectivity index (χ2n) is 7.17. The van der Waals surface area contributed by atoms with Crippen LogP contribution in [0.2, 0.25) is 5.02 Å². The standard InChI is InChI=1S/C21H23ClN4O3S/c1-14(2)25-30(28,29)18-8-9-20(22)19(12-18)21(27)24-17-6-4-16(5-7-17)13-26-11-10-23-15(26)3/h4-12,14,25H,13H2,1-3H3,(H,24,27). The fourth-order valence-corrected chi connectivity index (χ4v) is 4.36. The van der Waals surface area contributed by atoms with Gasteiger partial charge in [0.15, 0.2) is 0 Å². The molecule has 1 amide bonds. The van der Waals surface area contributed by atoms with Gasteiger partial charge in [0.1, 0.15) is 5.82 Å². The quantitative estimate of drug-likeness (QED) is 0.576. The zero-order chi connectivity index (χ0) is 21.9. The molecule has 0 fully saturated rings. The van der Waals surface area contributed by atoms with Crippen molar-refractivity contribution >= 4 is 33.2 Å². The van der Waals surface area contributed by atoms with Crippen LogP contribution in [0.5, 0.6) is 0 Å². The minimum atomic E-state index is -3.74. The highest BCUT2D eigenvalue weighted by Crippen LogP contribution is 2.22. The molecule has 3 aromatic rings. The molecular formula is C21H23ClN4O3S. The molecule has 0 spiro atoms. The molecule has 1 heterocycles. The van der Waals surface area contributed by atoms with Crippen LogP contribution in [0.25, 0.3) is 0 Å². The van der Waals surface area contributed by atoms with Crippen LogP contribution < -0.4 is 10.0 Å². The number of nitrogens with zero attached hydrogens (tertiary/aromatic N) is 2. The van der Waals surface area contributed by atoms with Gasteiger partial charge in [-0.25, -0.2) is 18.1 Å². The van der Waals surface area contributed by atoms with Crippen LogP contribution in [0.4, 0.5) is 5.69 Å². The minimum absolute atomic E-state index is 0.0169. The van der Waals surface area contributed by atoms with Crippen molar-refractivity contribution < 1.29 is 13.2 Å². The number of hydrogen-bond donors (Lipinski definition) is 2. The van der Waals surface area contributed by atoms with Crippen LogP contribution in [-0.4, -0.2) is 29.9 Å². The summed E-state index contributed by atoms with van der Waals surface area (Å²) in [5, 5.41) is 2.93. The monoisotopic (exact) mass is 446 g/mol. The van der Waals surface area contributed by atoms with E-state index in [2.05, 4.69) is 15.0 Å². The van der Waals surface area contributed by atoms with Crippen molar-refractivity contribution in [2.75, 3.05) is 5.32 Å². The van der Waals surface area contributed by atoms with Gasteiger partial charge in [-0.05, 0) is 56.7 Å². The second kappa shape index (κ2) is 8.99. The average Bonchev–Trinajstić information content (AvgIpc) is 3.07. The number of rotatable bonds is 7. The smallest absolute Gasteiger partial charge is 0.257 e. The fraction of sp³-hybridized carbons (Fsp3) is 0.238. The molecular weight excluding hydrogens is 424 g/mol. The Morgan fingerprint density at radius 2 is 1.87 bits per heavy atom. The first-order valence-electron chi connectivity index (χ1n) is 9.35. The molecule has 0 atom stereocenters. The van der Waals surface area contributed by atoms with Crippen LogP contribution in [-0.2, 0) is 16.6 Å². The van der Waals surface area contributed by atoms with E-state index >= 15 is 0 Å². The van der Waals surface area contributed by atoms with Crippen LogP contribution in [0, 0.1) is 6.92 Å². The molecule has 9 heteroatoms. The number of carbonyl (C=O) groups is 1. The molecule has 2 N–H and O–H groups in total. The second-order valence-corrected chi connectivity index (χ2v) is 9.29. The summed E-state index contributed by atoms with van der Waals surface area (Å²) in [4.78, 5) is 16.9. The third-order valence-corrected chi connectivity index (χ3v) is 6.36. The molecule has 0 bridgehead atoms. The minimum Gasteiger partial charge on any atom is -0.331 e. The maximum Gasteiger partial charge on any atom is 0.257 e. The number of halogens is 1. The van der Waals surface area contributed by atoms with E-state index in [-0.39, 0.29) is 21.5 Å². The van der Waals surface area contributed by atoms with Gasteiger partial charge in [0, 0.05) is 30.7 Å². The van der Waals surface area contributed by atoms with Gasteiger partial charge in [0.25, 0.3) is 5.91 Å². The van der Waals surface area contributed by atoms with Gasteiger partial charge < -0.3 is 9.88 Å². The summed E-state index contributed by atoms with van der Waals surface area (Å²) in [6.45, 7) is 6.05. The highest BCUT2D eigenvalue weighted by molar-refractivity contribution is 7.89. The van der Waals surface area contributed by atoms with Crippen molar-refractivity contribution in [2.24, 2.45) is 0 Å². The molecule has 0 saturated carbocycles. The Hall–Kier alpha value is -2.68. The zero-order valence-corrected chi connectivity index (χ0v) is 18.5. The topological polar surface area (TPSA) is 93.1 Å². The SMILES string of the molecule is Cc1nccn1Cc1ccc(NC(=O)c2cc(S(=O)(=O)NC(C)C)ccc2Cl)cc1. The Balaban J connectivity index is 1.75. The van der Waals surface area contributed by atoms with Crippen molar-refractivity contribution in [2.45, 2.75) is 38.3 Å². The summed E-state index contributed by atoms with van der Waals surface area (Å²) < 4.78 is 29.3. The summed E-state index contributed by atoms with van der Waals surface area (Å²) in [7, 11) is -3.74. The highest BCUT2D eigenvalue weighted by Gasteiger charge is 2.19. The van der Waals surface area contributed by atoms with Gasteiger partial charge in [-0.1, -0.05) is 23.7 Å². The molecule has 30 heavy (non-hydrogen) atoms. The number of nitrogens with one attached hydrogen (secondary N) is 2. The third kappa shape index (κ3) is 5.27. The molecule has 0 aliphatic rings. The number of amides is 1. The first kappa shape index (κ1) is 22.0. The molecule has 0 unspecified atom stereocenters. The van der Waals surface area contributed by atoms with E-state index in [0.717, 1.165) is 11.4 Å². The number of aryl methyl sites for hydroxylation is 1. The van der Waals surface area contributed by atoms with Crippen molar-refractivity contribution in [1.82, 2.24) is 14.3 Å². The summed E-state index contributed by atoms with van der Waals surface area (Å²) >= 11 is 6.15. The predicted octanol–water partition coefficient (Wildman–Crippen LogP) is 3.83. The molecule has 0 aliphatic heterocycles. The van der Waals surface area contributed by atoms with E-state index in [1.807, 2.05) is 29.8 Å². The third-order valence-electron chi connectivity index (χ3n) is 4.37. The molecule has 1 aromatic heterocycles. The number of carbonyl (C=O) groups excluding carboxylic acids is 1. The van der Waals surface area contributed by atoms with E-state index < -0.39 is 15.9 Å². The van der Waals surface area contributed by atoms with E-state index in [1.165, 1.54) is 18.2 Å². The Morgan fingerprint density at radius 3 is 2.47 bits per heavy atom. The Kier molecular flexibility index (Phi) is 6.60. The van der Waals surface area contributed by atoms with Crippen LogP contribution >= 0.6 is 11.6 Å². The number of benzene rings is 2. The predicted molar refractivity (Wildman–Crippen MR) is 117 cm³/mol. The molecule has 3 rings (SSSR count). The van der Waals surface area contributed by atoms with Crippen molar-refractivity contribution in [3.63, 3.8) is 0 Å². The van der Waals surface area contributed by atoms with E-state index in [9.17, 15) is 13.2 Å². The number of hydrogen-bond acceptors (Lipinski definition) is 4. The Labute approximate surface area is 181 Å². The Bertz CT molecular complexity index is 1160. The molecule has 2 aromatic carbocycles. The molecule has 158 valence electrons. The highest BCUT2D eigenvalue weighted by atomic mass is 35.5. The molecule has 7 nitrogen and oxygen atoms in total. The van der Waals surface area contributed by atoms with Gasteiger partial charge in [0.2, 0.25) is 10.0 Å². The van der Waals surface area contributed by atoms with Gasteiger partial charge in [-0.3, -0.25) is 4.79 Å². The van der Waals surface area contributed by atoms with Crippen molar-refractivity contribution in [3.05, 3.63) is 76.8 Å². The van der Waals surface area contributed by atoms with Crippen LogP contribution in [0.3, 0.4) is 0 Å².